The molecule has 28 heavy (non-hydrogen) atoms. The molecule has 0 aliphatic carbocycles. The number of rotatable bonds is 4. The van der Waals surface area contributed by atoms with Gasteiger partial charge in [0, 0.05) is 50.4 Å². The molecule has 0 saturated carbocycles. The Bertz CT molecular complexity index is 676. The van der Waals surface area contributed by atoms with Gasteiger partial charge in [-0.1, -0.05) is 17.7 Å². The quantitative estimate of drug-likeness (QED) is 0.718. The van der Waals surface area contributed by atoms with E-state index in [2.05, 4.69) is 29.2 Å². The first-order valence-electron chi connectivity index (χ1n) is 9.32. The van der Waals surface area contributed by atoms with Crippen LogP contribution in [0.3, 0.4) is 0 Å². The van der Waals surface area contributed by atoms with Crippen LogP contribution >= 0.6 is 24.8 Å². The van der Waals surface area contributed by atoms with Crippen LogP contribution in [0.4, 0.5) is 5.69 Å². The number of carbonyl (C=O) groups is 2. The zero-order valence-corrected chi connectivity index (χ0v) is 17.5. The van der Waals surface area contributed by atoms with Gasteiger partial charge in [0.25, 0.3) is 0 Å². The van der Waals surface area contributed by atoms with Gasteiger partial charge in [-0.3, -0.25) is 4.79 Å². The Morgan fingerprint density at radius 1 is 1.04 bits per heavy atom. The number of benzene rings is 1. The Balaban J connectivity index is 0.00000196. The molecule has 0 atom stereocenters. The number of carboxylic acids is 1. The molecule has 3 N–H and O–H groups in total. The molecule has 1 amide bonds. The zero-order valence-electron chi connectivity index (χ0n) is 15.9. The molecule has 1 aromatic carbocycles. The number of carbonyl (C=O) groups excluding carboxylic acids is 1. The summed E-state index contributed by atoms with van der Waals surface area (Å²) in [6.07, 6.45) is 4.36. The van der Waals surface area contributed by atoms with Gasteiger partial charge in [0.05, 0.1) is 0 Å². The molecule has 0 bridgehead atoms. The fourth-order valence-corrected chi connectivity index (χ4v) is 3.82. The van der Waals surface area contributed by atoms with Gasteiger partial charge < -0.3 is 20.6 Å². The normalized spacial score (nSPS) is 17.4. The second-order valence-corrected chi connectivity index (χ2v) is 7.10. The maximum Gasteiger partial charge on any atom is 0.328 e. The van der Waals surface area contributed by atoms with Gasteiger partial charge in [0.1, 0.15) is 0 Å². The summed E-state index contributed by atoms with van der Waals surface area (Å²) in [6, 6.07) is 8.32. The molecule has 1 aromatic rings. The van der Waals surface area contributed by atoms with Crippen LogP contribution < -0.4 is 10.6 Å². The molecule has 8 heteroatoms. The van der Waals surface area contributed by atoms with Crippen LogP contribution in [0.1, 0.15) is 31.2 Å². The molecule has 156 valence electrons. The number of aliphatic carboxylic acids is 1. The summed E-state index contributed by atoms with van der Waals surface area (Å²) in [5.41, 5.74) is 8.89. The van der Waals surface area contributed by atoms with E-state index in [-0.39, 0.29) is 36.6 Å². The third-order valence-electron chi connectivity index (χ3n) is 5.43. The summed E-state index contributed by atoms with van der Waals surface area (Å²) in [7, 11) is 0. The number of halogens is 2. The molecule has 0 unspecified atom stereocenters. The van der Waals surface area contributed by atoms with Crippen LogP contribution in [-0.2, 0) is 16.1 Å². The Morgan fingerprint density at radius 3 is 2.11 bits per heavy atom. The van der Waals surface area contributed by atoms with Crippen molar-refractivity contribution in [2.75, 3.05) is 31.1 Å². The lowest BCUT2D eigenvalue weighted by molar-refractivity contribution is -0.136. The fraction of sp³-hybridized carbons (Fsp3) is 0.500. The third kappa shape index (κ3) is 6.12. The minimum Gasteiger partial charge on any atom is -0.478 e. The lowest BCUT2D eigenvalue weighted by Crippen LogP contribution is -2.44. The Hall–Kier alpha value is -1.76. The predicted octanol–water partition coefficient (Wildman–Crippen LogP) is 2.84. The van der Waals surface area contributed by atoms with Gasteiger partial charge in [-0.2, -0.15) is 0 Å². The van der Waals surface area contributed by atoms with Crippen LogP contribution in [-0.4, -0.2) is 48.1 Å². The van der Waals surface area contributed by atoms with E-state index in [4.69, 9.17) is 10.8 Å². The van der Waals surface area contributed by atoms with Gasteiger partial charge in [-0.15, -0.1) is 24.8 Å². The Morgan fingerprint density at radius 2 is 1.61 bits per heavy atom. The van der Waals surface area contributed by atoms with Crippen LogP contribution in [0.5, 0.6) is 0 Å². The number of likely N-dealkylation sites (tertiary alicyclic amines) is 1. The first-order chi connectivity index (χ1) is 12.6. The van der Waals surface area contributed by atoms with Gasteiger partial charge in [-0.25, -0.2) is 4.79 Å². The molecule has 2 heterocycles. The standard InChI is InChI=1S/C20H27N3O3.2ClH/c21-14-16-1-3-18(4-2-16)22-11-7-17(8-12-22)20(26)23-9-5-15(6-10-23)13-19(24)25;;/h1-4,13,17H,5-12,14,21H2,(H,24,25);2*1H. The molecule has 3 rings (SSSR count). The van der Waals surface area contributed by atoms with Crippen molar-refractivity contribution in [3.63, 3.8) is 0 Å². The molecule has 0 radical (unpaired) electrons. The van der Waals surface area contributed by atoms with Gasteiger partial charge >= 0.3 is 5.97 Å². The smallest absolute Gasteiger partial charge is 0.328 e. The van der Waals surface area contributed by atoms with E-state index in [1.807, 2.05) is 4.90 Å². The summed E-state index contributed by atoms with van der Waals surface area (Å²) in [5.74, 6) is -0.580. The lowest BCUT2D eigenvalue weighted by Gasteiger charge is -2.37. The highest BCUT2D eigenvalue weighted by atomic mass is 35.5. The van der Waals surface area contributed by atoms with E-state index < -0.39 is 5.97 Å². The minimum absolute atomic E-state index is 0. The average Bonchev–Trinajstić information content (AvgIpc) is 2.68. The number of hydrogen-bond donors (Lipinski definition) is 2. The highest BCUT2D eigenvalue weighted by molar-refractivity contribution is 5.85. The minimum atomic E-state index is -0.897. The molecule has 2 aliphatic rings. The fourth-order valence-electron chi connectivity index (χ4n) is 3.82. The summed E-state index contributed by atoms with van der Waals surface area (Å²) < 4.78 is 0. The summed E-state index contributed by atoms with van der Waals surface area (Å²) >= 11 is 0. The van der Waals surface area contributed by atoms with Crippen molar-refractivity contribution < 1.29 is 14.7 Å². The number of nitrogens with two attached hydrogens (primary N) is 1. The van der Waals surface area contributed by atoms with E-state index in [0.717, 1.165) is 37.1 Å². The van der Waals surface area contributed by atoms with Gasteiger partial charge in [0.15, 0.2) is 0 Å². The first kappa shape index (κ1) is 24.3. The number of piperidine rings is 2. The predicted molar refractivity (Wildman–Crippen MR) is 115 cm³/mol. The van der Waals surface area contributed by atoms with Crippen molar-refractivity contribution in [1.82, 2.24) is 4.90 Å². The van der Waals surface area contributed by atoms with Crippen LogP contribution in [0, 0.1) is 5.92 Å². The van der Waals surface area contributed by atoms with Crippen molar-refractivity contribution in [3.8, 4) is 0 Å². The lowest BCUT2D eigenvalue weighted by atomic mass is 9.93. The number of hydrogen-bond acceptors (Lipinski definition) is 4. The van der Waals surface area contributed by atoms with Crippen molar-refractivity contribution in [2.24, 2.45) is 11.7 Å². The Labute approximate surface area is 178 Å². The van der Waals surface area contributed by atoms with Crippen molar-refractivity contribution in [2.45, 2.75) is 32.2 Å². The Kier molecular flexibility index (Phi) is 9.79. The molecular formula is C20H29Cl2N3O3. The van der Waals surface area contributed by atoms with Crippen LogP contribution in [0.2, 0.25) is 0 Å². The van der Waals surface area contributed by atoms with E-state index in [0.29, 0.717) is 32.5 Å². The molecule has 0 aromatic heterocycles. The summed E-state index contributed by atoms with van der Waals surface area (Å²) in [5, 5.41) is 8.82. The van der Waals surface area contributed by atoms with E-state index >= 15 is 0 Å². The molecule has 6 nitrogen and oxygen atoms in total. The monoisotopic (exact) mass is 429 g/mol. The van der Waals surface area contributed by atoms with E-state index in [1.165, 1.54) is 11.8 Å². The highest BCUT2D eigenvalue weighted by Gasteiger charge is 2.30. The van der Waals surface area contributed by atoms with Crippen molar-refractivity contribution in [3.05, 3.63) is 41.5 Å². The van der Waals surface area contributed by atoms with Gasteiger partial charge in [-0.05, 0) is 43.4 Å². The molecular weight excluding hydrogens is 401 g/mol. The third-order valence-corrected chi connectivity index (χ3v) is 5.43. The van der Waals surface area contributed by atoms with Gasteiger partial charge in [0.2, 0.25) is 5.91 Å². The maximum absolute atomic E-state index is 12.8. The first-order valence-corrected chi connectivity index (χ1v) is 9.32. The number of nitrogens with zero attached hydrogens (tertiary/aromatic N) is 2. The van der Waals surface area contributed by atoms with Crippen LogP contribution in [0.15, 0.2) is 35.9 Å². The van der Waals surface area contributed by atoms with Crippen LogP contribution in [0.25, 0.3) is 0 Å². The molecule has 2 fully saturated rings. The topological polar surface area (TPSA) is 86.9 Å². The SMILES string of the molecule is Cl.Cl.NCc1ccc(N2CCC(C(=O)N3CCC(=CC(=O)O)CC3)CC2)cc1. The van der Waals surface area contributed by atoms with E-state index in [9.17, 15) is 9.59 Å². The second-order valence-electron chi connectivity index (χ2n) is 7.10. The zero-order chi connectivity index (χ0) is 18.5. The van der Waals surface area contributed by atoms with Crippen molar-refractivity contribution in [1.29, 1.82) is 0 Å². The largest absolute Gasteiger partial charge is 0.478 e. The second kappa shape index (κ2) is 11.3. The highest BCUT2D eigenvalue weighted by Crippen LogP contribution is 2.26. The number of carboxylic acid groups (broad SMARTS) is 1. The van der Waals surface area contributed by atoms with Crippen molar-refractivity contribution >= 4 is 42.4 Å². The number of amides is 1. The average molecular weight is 430 g/mol. The molecule has 2 aliphatic heterocycles. The molecule has 0 spiro atoms. The molecule has 2 saturated heterocycles. The maximum atomic E-state index is 12.8. The van der Waals surface area contributed by atoms with E-state index in [1.54, 1.807) is 0 Å². The summed E-state index contributed by atoms with van der Waals surface area (Å²) in [6.45, 7) is 3.60. The summed E-state index contributed by atoms with van der Waals surface area (Å²) in [4.78, 5) is 27.8. The number of anilines is 1.